The van der Waals surface area contributed by atoms with Gasteiger partial charge in [-0.25, -0.2) is 0 Å². The van der Waals surface area contributed by atoms with E-state index in [1.807, 2.05) is 25.1 Å². The van der Waals surface area contributed by atoms with E-state index in [-0.39, 0.29) is 5.56 Å². The fraction of sp³-hybridized carbons (Fsp3) is 0.308. The number of aryl methyl sites for hydroxylation is 2. The summed E-state index contributed by atoms with van der Waals surface area (Å²) in [7, 11) is 0. The summed E-state index contributed by atoms with van der Waals surface area (Å²) < 4.78 is 0. The Morgan fingerprint density at radius 3 is 2.88 bits per heavy atom. The van der Waals surface area contributed by atoms with E-state index in [2.05, 4.69) is 11.1 Å². The average molecular weight is 236 g/mol. The van der Waals surface area contributed by atoms with Crippen LogP contribution in [-0.2, 0) is 6.42 Å². The van der Waals surface area contributed by atoms with Crippen LogP contribution in [0.25, 0.3) is 10.9 Å². The molecule has 0 spiro atoms. The molecule has 3 heteroatoms. The lowest BCUT2D eigenvalue weighted by Crippen LogP contribution is -2.08. The molecule has 2 aromatic rings. The zero-order chi connectivity index (χ0) is 11.5. The molecule has 0 saturated heterocycles. The Hall–Kier alpha value is -1.28. The molecule has 0 radical (unpaired) electrons. The van der Waals surface area contributed by atoms with Crippen molar-refractivity contribution in [3.63, 3.8) is 0 Å². The van der Waals surface area contributed by atoms with Crippen molar-refractivity contribution in [1.82, 2.24) is 4.98 Å². The van der Waals surface area contributed by atoms with Crippen LogP contribution in [0, 0.1) is 6.92 Å². The maximum absolute atomic E-state index is 11.4. The molecule has 0 aliphatic carbocycles. The SMILES string of the molecule is Cc1cc2cc(CCCCl)ccc2[nH]c1=O. The Morgan fingerprint density at radius 2 is 2.12 bits per heavy atom. The van der Waals surface area contributed by atoms with Gasteiger partial charge in [-0.05, 0) is 48.9 Å². The first-order chi connectivity index (χ1) is 7.70. The molecule has 2 rings (SSSR count). The third kappa shape index (κ3) is 2.27. The van der Waals surface area contributed by atoms with Gasteiger partial charge in [0.15, 0.2) is 0 Å². The van der Waals surface area contributed by atoms with Crippen LogP contribution in [0.1, 0.15) is 17.5 Å². The third-order valence-corrected chi connectivity index (χ3v) is 2.96. The first-order valence-electron chi connectivity index (χ1n) is 5.39. The number of hydrogen-bond donors (Lipinski definition) is 1. The lowest BCUT2D eigenvalue weighted by atomic mass is 10.1. The van der Waals surface area contributed by atoms with Crippen molar-refractivity contribution in [3.8, 4) is 0 Å². The van der Waals surface area contributed by atoms with Crippen molar-refractivity contribution in [2.75, 3.05) is 5.88 Å². The molecule has 0 aliphatic rings. The molecule has 0 fully saturated rings. The maximum Gasteiger partial charge on any atom is 0.251 e. The second kappa shape index (κ2) is 4.71. The van der Waals surface area contributed by atoms with E-state index >= 15 is 0 Å². The van der Waals surface area contributed by atoms with E-state index in [9.17, 15) is 4.79 Å². The van der Waals surface area contributed by atoms with Crippen LogP contribution in [0.15, 0.2) is 29.1 Å². The minimum atomic E-state index is -0.0130. The number of benzene rings is 1. The summed E-state index contributed by atoms with van der Waals surface area (Å²) in [4.78, 5) is 14.3. The van der Waals surface area contributed by atoms with Gasteiger partial charge in [0.1, 0.15) is 0 Å². The Bertz CT molecular complexity index is 559. The van der Waals surface area contributed by atoms with Gasteiger partial charge in [0.05, 0.1) is 0 Å². The highest BCUT2D eigenvalue weighted by Crippen LogP contribution is 2.14. The zero-order valence-corrected chi connectivity index (χ0v) is 9.97. The van der Waals surface area contributed by atoms with Crippen LogP contribution in [0.2, 0.25) is 0 Å². The molecule has 1 heterocycles. The lowest BCUT2D eigenvalue weighted by Gasteiger charge is -2.03. The summed E-state index contributed by atoms with van der Waals surface area (Å²) in [6, 6.07) is 8.04. The standard InChI is InChI=1S/C13H14ClNO/c1-9-7-11-8-10(3-2-6-14)4-5-12(11)15-13(9)16/h4-5,7-8H,2-3,6H2,1H3,(H,15,16). The van der Waals surface area contributed by atoms with Crippen molar-refractivity contribution < 1.29 is 0 Å². The largest absolute Gasteiger partial charge is 0.322 e. The number of fused-ring (bicyclic) bond motifs is 1. The molecular weight excluding hydrogens is 222 g/mol. The van der Waals surface area contributed by atoms with Crippen molar-refractivity contribution in [2.24, 2.45) is 0 Å². The quantitative estimate of drug-likeness (QED) is 0.816. The minimum absolute atomic E-state index is 0.0130. The van der Waals surface area contributed by atoms with Gasteiger partial charge in [-0.2, -0.15) is 0 Å². The summed E-state index contributed by atoms with van der Waals surface area (Å²) in [5, 5.41) is 1.09. The van der Waals surface area contributed by atoms with E-state index in [1.54, 1.807) is 0 Å². The highest BCUT2D eigenvalue weighted by atomic mass is 35.5. The molecule has 1 N–H and O–H groups in total. The molecule has 1 aromatic carbocycles. The Kier molecular flexibility index (Phi) is 3.30. The van der Waals surface area contributed by atoms with Gasteiger partial charge in [0.25, 0.3) is 5.56 Å². The first kappa shape index (κ1) is 11.2. The fourth-order valence-electron chi connectivity index (χ4n) is 1.79. The van der Waals surface area contributed by atoms with Crippen molar-refractivity contribution in [2.45, 2.75) is 19.8 Å². The summed E-state index contributed by atoms with van der Waals surface area (Å²) >= 11 is 5.67. The Balaban J connectivity index is 2.45. The van der Waals surface area contributed by atoms with E-state index in [0.717, 1.165) is 29.3 Å². The highest BCUT2D eigenvalue weighted by Gasteiger charge is 2.00. The molecular formula is C13H14ClNO. The summed E-state index contributed by atoms with van der Waals surface area (Å²) in [5.74, 6) is 0.683. The molecule has 0 amide bonds. The monoisotopic (exact) mass is 235 g/mol. The first-order valence-corrected chi connectivity index (χ1v) is 5.92. The van der Waals surface area contributed by atoms with E-state index in [4.69, 9.17) is 11.6 Å². The molecule has 0 bridgehead atoms. The maximum atomic E-state index is 11.4. The number of rotatable bonds is 3. The second-order valence-electron chi connectivity index (χ2n) is 4.00. The van der Waals surface area contributed by atoms with Crippen LogP contribution in [-0.4, -0.2) is 10.9 Å². The summed E-state index contributed by atoms with van der Waals surface area (Å²) in [5.41, 5.74) is 2.90. The van der Waals surface area contributed by atoms with E-state index in [1.165, 1.54) is 5.56 Å². The molecule has 0 atom stereocenters. The van der Waals surface area contributed by atoms with Gasteiger partial charge < -0.3 is 4.98 Å². The molecule has 0 unspecified atom stereocenters. The minimum Gasteiger partial charge on any atom is -0.322 e. The van der Waals surface area contributed by atoms with Gasteiger partial charge in [-0.15, -0.1) is 11.6 Å². The number of alkyl halides is 1. The topological polar surface area (TPSA) is 32.9 Å². The number of H-pyrrole nitrogens is 1. The van der Waals surface area contributed by atoms with Crippen LogP contribution in [0.5, 0.6) is 0 Å². The normalized spacial score (nSPS) is 10.9. The number of aromatic nitrogens is 1. The second-order valence-corrected chi connectivity index (χ2v) is 4.37. The fourth-order valence-corrected chi connectivity index (χ4v) is 1.93. The van der Waals surface area contributed by atoms with Crippen LogP contribution < -0.4 is 5.56 Å². The highest BCUT2D eigenvalue weighted by molar-refractivity contribution is 6.17. The summed E-state index contributed by atoms with van der Waals surface area (Å²) in [6.07, 6.45) is 1.97. The van der Waals surface area contributed by atoms with Gasteiger partial charge >= 0.3 is 0 Å². The summed E-state index contributed by atoms with van der Waals surface area (Å²) in [6.45, 7) is 1.82. The van der Waals surface area contributed by atoms with Crippen LogP contribution in [0.3, 0.4) is 0 Å². The molecule has 0 aliphatic heterocycles. The molecule has 84 valence electrons. The number of aromatic amines is 1. The zero-order valence-electron chi connectivity index (χ0n) is 9.22. The van der Waals surface area contributed by atoms with Crippen LogP contribution >= 0.6 is 11.6 Å². The van der Waals surface area contributed by atoms with Crippen molar-refractivity contribution >= 4 is 22.5 Å². The number of hydrogen-bond acceptors (Lipinski definition) is 1. The van der Waals surface area contributed by atoms with Gasteiger partial charge in [0.2, 0.25) is 0 Å². The number of halogens is 1. The molecule has 16 heavy (non-hydrogen) atoms. The predicted molar refractivity (Wildman–Crippen MR) is 68.3 cm³/mol. The number of pyridine rings is 1. The van der Waals surface area contributed by atoms with E-state index in [0.29, 0.717) is 5.88 Å². The van der Waals surface area contributed by atoms with E-state index < -0.39 is 0 Å². The number of nitrogens with one attached hydrogen (secondary N) is 1. The van der Waals surface area contributed by atoms with Crippen molar-refractivity contribution in [1.29, 1.82) is 0 Å². The molecule has 1 aromatic heterocycles. The van der Waals surface area contributed by atoms with Crippen LogP contribution in [0.4, 0.5) is 0 Å². The lowest BCUT2D eigenvalue weighted by molar-refractivity contribution is 0.930. The molecule has 2 nitrogen and oxygen atoms in total. The Morgan fingerprint density at radius 1 is 1.31 bits per heavy atom. The smallest absolute Gasteiger partial charge is 0.251 e. The van der Waals surface area contributed by atoms with Gasteiger partial charge in [-0.3, -0.25) is 4.79 Å². The van der Waals surface area contributed by atoms with Gasteiger partial charge in [0, 0.05) is 17.0 Å². The van der Waals surface area contributed by atoms with Gasteiger partial charge in [-0.1, -0.05) is 6.07 Å². The Labute approximate surface area is 99.3 Å². The molecule has 0 saturated carbocycles. The third-order valence-electron chi connectivity index (χ3n) is 2.69. The van der Waals surface area contributed by atoms with Crippen molar-refractivity contribution in [3.05, 3.63) is 45.7 Å². The predicted octanol–water partition coefficient (Wildman–Crippen LogP) is 3.01. The average Bonchev–Trinajstić information content (AvgIpc) is 2.28.